The Kier molecular flexibility index (Phi) is 21.7. The number of carbonyl (C=O) groups is 5. The lowest BCUT2D eigenvalue weighted by atomic mass is 10.1. The SMILES string of the molecule is CC(C)(C)OC(=O)C1CN(c2ncc(Br)cn2)CCN1C(=O)OC(C)(C)C.CC(C)(C)OC(=O)C1CN(c2ncc(N=[N+]=[N-])cn2)CCN1.CC(C)(C)OC(=O)C1CN(c2ncc(N=[N+]=[N-])cn2)CCN1C(=O)OC(C)(C)C. The number of nitrogens with zero attached hydrogens (tertiary/aromatic N) is 17. The quantitative estimate of drug-likeness (QED) is 0.0741. The maximum absolute atomic E-state index is 12.8. The van der Waals surface area contributed by atoms with Gasteiger partial charge in [-0.2, -0.15) is 0 Å². The second-order valence-corrected chi connectivity index (χ2v) is 23.8. The third kappa shape index (κ3) is 21.2. The van der Waals surface area contributed by atoms with Crippen LogP contribution in [-0.2, 0) is 38.1 Å². The van der Waals surface area contributed by atoms with Crippen molar-refractivity contribution in [3.8, 4) is 0 Å². The van der Waals surface area contributed by atoms with Gasteiger partial charge in [0.25, 0.3) is 0 Å². The van der Waals surface area contributed by atoms with Crippen LogP contribution in [0, 0.1) is 0 Å². The summed E-state index contributed by atoms with van der Waals surface area (Å²) in [5.41, 5.74) is 14.3. The van der Waals surface area contributed by atoms with Gasteiger partial charge in [0.05, 0.1) is 28.9 Å². The standard InChI is InChI=1S/C18H27BrN4O4.C18H27N7O4.C13H19N7O2/c1-17(2,3)26-14(24)13-11-22(15-20-9-12(19)10-21-15)7-8-23(13)16(25)27-18(4,5)6;1-17(2,3)28-14(26)13-11-24(15-20-9-12(10-21-15)22-23-19)7-8-25(13)16(27)29-18(4,5)6;1-13(2,3)22-11(21)10-8-20(5-4-15-10)12-16-6-9(7-17-12)18-19-14/h9-10,13H,7-8,11H2,1-6H3;9-10,13H,7-8,11H2,1-6H3;6-7,10,15H,4-5,8H2,1-3H3. The van der Waals surface area contributed by atoms with E-state index in [-0.39, 0.29) is 31.3 Å². The second kappa shape index (κ2) is 26.8. The Morgan fingerprint density at radius 2 is 0.821 bits per heavy atom. The molecule has 0 aliphatic carbocycles. The fourth-order valence-corrected chi connectivity index (χ4v) is 7.45. The fraction of sp³-hybridized carbons (Fsp3) is 0.653. The molecule has 0 saturated carbocycles. The Bertz CT molecular complexity index is 2620. The van der Waals surface area contributed by atoms with Crippen molar-refractivity contribution in [1.29, 1.82) is 0 Å². The van der Waals surface area contributed by atoms with Crippen LogP contribution in [0.15, 0.2) is 51.9 Å². The number of esters is 3. The zero-order valence-corrected chi connectivity index (χ0v) is 48.7. The molecule has 29 heteroatoms. The lowest BCUT2D eigenvalue weighted by Crippen LogP contribution is -2.60. The van der Waals surface area contributed by atoms with E-state index in [0.717, 1.165) is 4.47 Å². The topological polar surface area (TPSA) is 335 Å². The Labute approximate surface area is 462 Å². The van der Waals surface area contributed by atoms with E-state index in [2.05, 4.69) is 71.2 Å². The van der Waals surface area contributed by atoms with E-state index < -0.39 is 70.3 Å². The number of nitrogens with one attached hydrogen (secondary N) is 1. The molecule has 426 valence electrons. The molecule has 3 unspecified atom stereocenters. The second-order valence-electron chi connectivity index (χ2n) is 22.9. The number of hydrogen-bond donors (Lipinski definition) is 1. The van der Waals surface area contributed by atoms with E-state index >= 15 is 0 Å². The summed E-state index contributed by atoms with van der Waals surface area (Å²) in [6.45, 7) is 30.4. The molecule has 0 bridgehead atoms. The van der Waals surface area contributed by atoms with Crippen LogP contribution in [0.4, 0.5) is 38.8 Å². The Morgan fingerprint density at radius 3 is 1.15 bits per heavy atom. The Balaban J connectivity index is 0.000000255. The van der Waals surface area contributed by atoms with Gasteiger partial charge in [-0.3, -0.25) is 14.6 Å². The van der Waals surface area contributed by atoms with Crippen LogP contribution in [0.5, 0.6) is 0 Å². The fourth-order valence-electron chi connectivity index (χ4n) is 7.24. The summed E-state index contributed by atoms with van der Waals surface area (Å²) < 4.78 is 28.1. The number of amides is 2. The molecule has 78 heavy (non-hydrogen) atoms. The molecule has 28 nitrogen and oxygen atoms in total. The highest BCUT2D eigenvalue weighted by Crippen LogP contribution is 2.25. The molecule has 2 amide bonds. The van der Waals surface area contributed by atoms with Crippen LogP contribution in [0.1, 0.15) is 104 Å². The molecule has 3 saturated heterocycles. The van der Waals surface area contributed by atoms with Crippen LogP contribution in [0.3, 0.4) is 0 Å². The molecule has 0 aromatic carbocycles. The molecule has 1 N–H and O–H groups in total. The number of piperazine rings is 3. The predicted octanol–water partition coefficient (Wildman–Crippen LogP) is 7.73. The first kappa shape index (κ1) is 63.2. The van der Waals surface area contributed by atoms with Gasteiger partial charge in [0.2, 0.25) is 17.8 Å². The molecular formula is C49H73BrN18O10. The van der Waals surface area contributed by atoms with Gasteiger partial charge < -0.3 is 43.7 Å². The van der Waals surface area contributed by atoms with Gasteiger partial charge in [-0.05, 0) is 131 Å². The van der Waals surface area contributed by atoms with Crippen molar-refractivity contribution in [3.63, 3.8) is 0 Å². The first-order valence-corrected chi connectivity index (χ1v) is 25.8. The summed E-state index contributed by atoms with van der Waals surface area (Å²) in [7, 11) is 0. The van der Waals surface area contributed by atoms with Crippen LogP contribution in [-0.4, -0.2) is 175 Å². The van der Waals surface area contributed by atoms with Crippen molar-refractivity contribution in [2.75, 3.05) is 73.6 Å². The van der Waals surface area contributed by atoms with Crippen molar-refractivity contribution in [2.24, 2.45) is 10.2 Å². The third-order valence-electron chi connectivity index (χ3n) is 10.3. The molecule has 3 aromatic rings. The maximum Gasteiger partial charge on any atom is 0.411 e. The van der Waals surface area contributed by atoms with Crippen LogP contribution in [0.25, 0.3) is 20.9 Å². The minimum absolute atomic E-state index is 0.148. The molecule has 6 heterocycles. The zero-order chi connectivity index (χ0) is 58.4. The number of anilines is 3. The van der Waals surface area contributed by atoms with Crippen molar-refractivity contribution >= 4 is 75.2 Å². The lowest BCUT2D eigenvalue weighted by molar-refractivity contribution is -0.162. The van der Waals surface area contributed by atoms with E-state index in [1.165, 1.54) is 34.6 Å². The highest BCUT2D eigenvalue weighted by molar-refractivity contribution is 9.10. The van der Waals surface area contributed by atoms with E-state index in [4.69, 9.17) is 34.7 Å². The maximum atomic E-state index is 12.8. The van der Waals surface area contributed by atoms with Gasteiger partial charge in [0, 0.05) is 92.8 Å². The molecular weight excluding hydrogens is 1080 g/mol. The van der Waals surface area contributed by atoms with Crippen LogP contribution in [0.2, 0.25) is 0 Å². The number of hydrogen-bond acceptors (Lipinski definition) is 22. The number of ether oxygens (including phenoxy) is 5. The van der Waals surface area contributed by atoms with Gasteiger partial charge in [0.1, 0.15) is 34.0 Å². The molecule has 6 rings (SSSR count). The Morgan fingerprint density at radius 1 is 0.500 bits per heavy atom. The predicted molar refractivity (Wildman–Crippen MR) is 291 cm³/mol. The minimum atomic E-state index is -0.877. The number of halogens is 1. The third-order valence-corrected chi connectivity index (χ3v) is 10.7. The molecule has 3 aliphatic heterocycles. The summed E-state index contributed by atoms with van der Waals surface area (Å²) in [6, 6.07) is -2.10. The van der Waals surface area contributed by atoms with E-state index in [9.17, 15) is 24.0 Å². The van der Waals surface area contributed by atoms with E-state index in [0.29, 0.717) is 62.8 Å². The average molecular weight is 1150 g/mol. The monoisotopic (exact) mass is 1150 g/mol. The van der Waals surface area contributed by atoms with Crippen molar-refractivity contribution in [3.05, 3.63) is 62.5 Å². The summed E-state index contributed by atoms with van der Waals surface area (Å²) in [6.07, 6.45) is 7.87. The van der Waals surface area contributed by atoms with Gasteiger partial charge in [0.15, 0.2) is 12.1 Å². The van der Waals surface area contributed by atoms with Gasteiger partial charge >= 0.3 is 30.1 Å². The first-order chi connectivity index (χ1) is 36.1. The highest BCUT2D eigenvalue weighted by Gasteiger charge is 2.42. The van der Waals surface area contributed by atoms with Crippen molar-refractivity contribution in [2.45, 2.75) is 150 Å². The highest BCUT2D eigenvalue weighted by atomic mass is 79.9. The zero-order valence-electron chi connectivity index (χ0n) is 47.1. The van der Waals surface area contributed by atoms with Crippen LogP contribution < -0.4 is 20.0 Å². The van der Waals surface area contributed by atoms with Crippen molar-refractivity contribution < 1.29 is 47.7 Å². The summed E-state index contributed by atoms with van der Waals surface area (Å²) in [5.74, 6) is 0.0543. The number of aromatic nitrogens is 6. The average Bonchev–Trinajstić information content (AvgIpc) is 3.34. The molecule has 3 aromatic heterocycles. The number of carbonyl (C=O) groups excluding carboxylic acids is 5. The lowest BCUT2D eigenvalue weighted by Gasteiger charge is -2.41. The summed E-state index contributed by atoms with van der Waals surface area (Å²) >= 11 is 3.31. The first-order valence-electron chi connectivity index (χ1n) is 25.0. The molecule has 3 atom stereocenters. The molecule has 3 aliphatic rings. The molecule has 0 spiro atoms. The minimum Gasteiger partial charge on any atom is -0.459 e. The number of azide groups is 2. The molecule has 3 fully saturated rings. The largest absolute Gasteiger partial charge is 0.459 e. The summed E-state index contributed by atoms with van der Waals surface area (Å²) in [4.78, 5) is 102. The smallest absolute Gasteiger partial charge is 0.411 e. The Hall–Kier alpha value is -7.35. The van der Waals surface area contributed by atoms with E-state index in [1.807, 2.05) is 30.6 Å². The van der Waals surface area contributed by atoms with E-state index in [1.54, 1.807) is 100 Å². The number of rotatable bonds is 8. The van der Waals surface area contributed by atoms with Gasteiger partial charge in [-0.25, -0.2) is 49.1 Å². The normalized spacial score (nSPS) is 18.0. The van der Waals surface area contributed by atoms with Gasteiger partial charge in [-0.15, -0.1) is 0 Å². The van der Waals surface area contributed by atoms with Crippen LogP contribution >= 0.6 is 15.9 Å². The summed E-state index contributed by atoms with van der Waals surface area (Å²) in [5, 5.41) is 10.0. The molecule has 0 radical (unpaired) electrons. The van der Waals surface area contributed by atoms with Crippen molar-refractivity contribution in [1.82, 2.24) is 45.0 Å². The van der Waals surface area contributed by atoms with Gasteiger partial charge in [-0.1, -0.05) is 10.2 Å².